The van der Waals surface area contributed by atoms with E-state index >= 15 is 0 Å². The predicted molar refractivity (Wildman–Crippen MR) is 84.8 cm³/mol. The normalized spacial score (nSPS) is 14.8. The van der Waals surface area contributed by atoms with E-state index in [-0.39, 0.29) is 12.2 Å². The number of ether oxygens (including phenoxy) is 3. The molecule has 0 spiro atoms. The molecule has 0 saturated carbocycles. The Bertz CT molecular complexity index is 566. The van der Waals surface area contributed by atoms with Crippen LogP contribution in [0.15, 0.2) is 18.2 Å². The van der Waals surface area contributed by atoms with E-state index in [0.717, 1.165) is 17.2 Å². The molecule has 1 saturated heterocycles. The fourth-order valence-corrected chi connectivity index (χ4v) is 2.27. The summed E-state index contributed by atoms with van der Waals surface area (Å²) < 4.78 is 16.9. The maximum Gasteiger partial charge on any atom is 0.469 e. The summed E-state index contributed by atoms with van der Waals surface area (Å²) in [4.78, 5) is 5.22. The Morgan fingerprint density at radius 2 is 1.91 bits per heavy atom. The van der Waals surface area contributed by atoms with Crippen molar-refractivity contribution in [3.8, 4) is 11.5 Å². The summed E-state index contributed by atoms with van der Waals surface area (Å²) in [5.41, 5.74) is 9.84. The van der Waals surface area contributed by atoms with Crippen LogP contribution in [0.25, 0.3) is 5.53 Å². The van der Waals surface area contributed by atoms with Crippen molar-refractivity contribution in [2.45, 2.75) is 39.9 Å². The molecular weight excluding hydrogens is 282 g/mol. The van der Waals surface area contributed by atoms with E-state index in [1.165, 1.54) is 0 Å². The Balaban J connectivity index is 2.33. The van der Waals surface area contributed by atoms with Crippen LogP contribution in [0.3, 0.4) is 0 Å². The van der Waals surface area contributed by atoms with Crippen molar-refractivity contribution < 1.29 is 19.0 Å². The van der Waals surface area contributed by atoms with Gasteiger partial charge in [0.15, 0.2) is 6.54 Å². The van der Waals surface area contributed by atoms with Crippen molar-refractivity contribution in [1.82, 2.24) is 0 Å². The molecule has 6 heteroatoms. The molecule has 0 amide bonds. The first kappa shape index (κ1) is 16.2. The summed E-state index contributed by atoms with van der Waals surface area (Å²) in [6.45, 7) is 9.52. The van der Waals surface area contributed by atoms with Gasteiger partial charge in [0, 0.05) is 6.07 Å². The number of hydrogen-bond acceptors (Lipinski definition) is 4. The molecule has 0 unspecified atom stereocenters. The minimum Gasteiger partial charge on any atom is -0.491 e. The van der Waals surface area contributed by atoms with Gasteiger partial charge in [-0.3, -0.25) is 0 Å². The minimum atomic E-state index is 0.0719. The Labute approximate surface area is 131 Å². The van der Waals surface area contributed by atoms with E-state index in [4.69, 9.17) is 19.7 Å². The number of benzene rings is 1. The molecule has 1 aromatic carbocycles. The van der Waals surface area contributed by atoms with E-state index in [0.29, 0.717) is 25.6 Å². The summed E-state index contributed by atoms with van der Waals surface area (Å²) >= 11 is 0. The molecule has 120 valence electrons. The average Bonchev–Trinajstić information content (AvgIpc) is 2.48. The number of hydrogen-bond donors (Lipinski definition) is 0. The van der Waals surface area contributed by atoms with Gasteiger partial charge < -0.3 is 24.6 Å². The van der Waals surface area contributed by atoms with Gasteiger partial charge in [-0.15, -0.1) is 4.79 Å². The van der Waals surface area contributed by atoms with E-state index in [2.05, 4.69) is 9.69 Å². The maximum atomic E-state index is 8.92. The molecular formula is C16H23N3O3. The van der Waals surface area contributed by atoms with E-state index in [1.807, 2.05) is 45.9 Å². The van der Waals surface area contributed by atoms with Crippen molar-refractivity contribution in [3.63, 3.8) is 0 Å². The molecule has 1 heterocycles. The Morgan fingerprint density at radius 1 is 1.18 bits per heavy atom. The van der Waals surface area contributed by atoms with Gasteiger partial charge in [-0.2, -0.15) is 0 Å². The average molecular weight is 305 g/mol. The third-order valence-electron chi connectivity index (χ3n) is 3.07. The zero-order chi connectivity index (χ0) is 16.1. The zero-order valence-corrected chi connectivity index (χ0v) is 13.6. The molecule has 0 N–H and O–H groups in total. The molecule has 0 aliphatic carbocycles. The summed E-state index contributed by atoms with van der Waals surface area (Å²) in [6, 6.07) is 5.78. The quantitative estimate of drug-likeness (QED) is 0.619. The van der Waals surface area contributed by atoms with Crippen molar-refractivity contribution in [3.05, 3.63) is 23.7 Å². The number of morpholine rings is 1. The Hall–Kier alpha value is -2.20. The van der Waals surface area contributed by atoms with Crippen LogP contribution < -0.4 is 14.4 Å². The van der Waals surface area contributed by atoms with Crippen molar-refractivity contribution in [1.29, 1.82) is 0 Å². The van der Waals surface area contributed by atoms with Gasteiger partial charge in [-0.25, -0.2) is 0 Å². The largest absolute Gasteiger partial charge is 0.491 e. The highest BCUT2D eigenvalue weighted by molar-refractivity contribution is 5.79. The molecule has 22 heavy (non-hydrogen) atoms. The highest BCUT2D eigenvalue weighted by atomic mass is 16.5. The highest BCUT2D eigenvalue weighted by Crippen LogP contribution is 2.34. The molecule has 1 aromatic rings. The SMILES string of the molecule is CC(C)Oc1ccc(OC(C)C)c(N2CCOC(=[N+]=[N-])C2)c1. The van der Waals surface area contributed by atoms with Crippen LogP contribution in [0.5, 0.6) is 11.5 Å². The lowest BCUT2D eigenvalue weighted by Crippen LogP contribution is -2.40. The molecule has 1 fully saturated rings. The second-order valence-electron chi connectivity index (χ2n) is 5.73. The van der Waals surface area contributed by atoms with Crippen LogP contribution in [0, 0.1) is 0 Å². The summed E-state index contributed by atoms with van der Waals surface area (Å²) in [7, 11) is 0. The first-order chi connectivity index (χ1) is 10.5. The minimum absolute atomic E-state index is 0.0719. The van der Waals surface area contributed by atoms with E-state index in [1.54, 1.807) is 0 Å². The summed E-state index contributed by atoms with van der Waals surface area (Å²) in [6.07, 6.45) is 0.173. The van der Waals surface area contributed by atoms with Gasteiger partial charge >= 0.3 is 5.90 Å². The van der Waals surface area contributed by atoms with Crippen LogP contribution in [0.4, 0.5) is 5.69 Å². The van der Waals surface area contributed by atoms with E-state index < -0.39 is 0 Å². The number of rotatable bonds is 5. The lowest BCUT2D eigenvalue weighted by Gasteiger charge is -2.29. The maximum absolute atomic E-state index is 8.92. The third-order valence-corrected chi connectivity index (χ3v) is 3.07. The standard InChI is InChI=1S/C16H23N3O3/c1-11(2)21-13-5-6-15(22-12(3)4)14(9-13)19-7-8-20-16(10-19)18-17/h5-6,9,11-12H,7-8,10H2,1-4H3. The van der Waals surface area contributed by atoms with Gasteiger partial charge in [0.2, 0.25) is 0 Å². The van der Waals surface area contributed by atoms with Gasteiger partial charge in [0.05, 0.1) is 24.4 Å². The summed E-state index contributed by atoms with van der Waals surface area (Å²) in [5.74, 6) is 1.87. The van der Waals surface area contributed by atoms with Gasteiger partial charge in [0.1, 0.15) is 18.1 Å². The topological polar surface area (TPSA) is 67.3 Å². The Kier molecular flexibility index (Phi) is 5.28. The van der Waals surface area contributed by atoms with Crippen LogP contribution in [-0.2, 0) is 4.74 Å². The molecule has 1 aliphatic rings. The zero-order valence-electron chi connectivity index (χ0n) is 13.6. The van der Waals surface area contributed by atoms with Crippen LogP contribution in [0.1, 0.15) is 27.7 Å². The molecule has 2 rings (SSSR count). The number of nitrogens with zero attached hydrogens (tertiary/aromatic N) is 3. The van der Waals surface area contributed by atoms with Crippen molar-refractivity contribution in [2.75, 3.05) is 24.6 Å². The molecule has 0 bridgehead atoms. The summed E-state index contributed by atoms with van der Waals surface area (Å²) in [5, 5.41) is 0. The molecule has 0 atom stereocenters. The number of anilines is 1. The van der Waals surface area contributed by atoms with Gasteiger partial charge in [-0.05, 0) is 39.8 Å². The second kappa shape index (κ2) is 7.18. The van der Waals surface area contributed by atoms with Gasteiger partial charge in [0.25, 0.3) is 0 Å². The highest BCUT2D eigenvalue weighted by Gasteiger charge is 2.25. The lowest BCUT2D eigenvalue weighted by molar-refractivity contribution is -0.0454. The second-order valence-corrected chi connectivity index (χ2v) is 5.73. The monoisotopic (exact) mass is 305 g/mol. The Morgan fingerprint density at radius 3 is 2.55 bits per heavy atom. The smallest absolute Gasteiger partial charge is 0.469 e. The van der Waals surface area contributed by atoms with Gasteiger partial charge in [-0.1, -0.05) is 0 Å². The van der Waals surface area contributed by atoms with Crippen LogP contribution >= 0.6 is 0 Å². The first-order valence-corrected chi connectivity index (χ1v) is 7.55. The molecule has 1 aliphatic heterocycles. The molecule has 6 nitrogen and oxygen atoms in total. The fraction of sp³-hybridized carbons (Fsp3) is 0.562. The third kappa shape index (κ3) is 4.15. The van der Waals surface area contributed by atoms with E-state index in [9.17, 15) is 0 Å². The van der Waals surface area contributed by atoms with Crippen LogP contribution in [-0.4, -0.2) is 42.6 Å². The molecule has 0 radical (unpaired) electrons. The van der Waals surface area contributed by atoms with Crippen molar-refractivity contribution in [2.24, 2.45) is 0 Å². The first-order valence-electron chi connectivity index (χ1n) is 7.55. The predicted octanol–water partition coefficient (Wildman–Crippen LogP) is 2.73. The molecule has 0 aromatic heterocycles. The van der Waals surface area contributed by atoms with Crippen LogP contribution in [0.2, 0.25) is 0 Å². The van der Waals surface area contributed by atoms with Crippen molar-refractivity contribution >= 4 is 11.6 Å². The fourth-order valence-electron chi connectivity index (χ4n) is 2.27. The lowest BCUT2D eigenvalue weighted by atomic mass is 10.2.